The van der Waals surface area contributed by atoms with Crippen molar-refractivity contribution in [3.05, 3.63) is 12.2 Å². The Morgan fingerprint density at radius 3 is 2.65 bits per heavy atom. The van der Waals surface area contributed by atoms with Gasteiger partial charge in [-0.15, -0.1) is 0 Å². The van der Waals surface area contributed by atoms with E-state index in [-0.39, 0.29) is 36.4 Å². The number of rotatable bonds is 4. The summed E-state index contributed by atoms with van der Waals surface area (Å²) in [6.45, 7) is 10.3. The summed E-state index contributed by atoms with van der Waals surface area (Å²) in [7, 11) is 0. The zero-order valence-corrected chi connectivity index (χ0v) is 11.2. The molecule has 0 spiro atoms. The SMILES string of the molecule is C=C(C)C1CCC(C)(C)CC1C(=O)OCCO. The maximum absolute atomic E-state index is 12.0. The van der Waals surface area contributed by atoms with Crippen molar-refractivity contribution in [2.75, 3.05) is 13.2 Å². The van der Waals surface area contributed by atoms with E-state index in [1.54, 1.807) is 0 Å². The average molecular weight is 240 g/mol. The molecule has 98 valence electrons. The number of aliphatic hydroxyl groups is 1. The molecular formula is C14H24O3. The van der Waals surface area contributed by atoms with Crippen molar-refractivity contribution >= 4 is 5.97 Å². The van der Waals surface area contributed by atoms with E-state index in [0.717, 1.165) is 24.8 Å². The lowest BCUT2D eigenvalue weighted by atomic mass is 9.65. The molecule has 1 aliphatic rings. The van der Waals surface area contributed by atoms with Crippen molar-refractivity contribution in [1.82, 2.24) is 0 Å². The number of ether oxygens (including phenoxy) is 1. The highest BCUT2D eigenvalue weighted by atomic mass is 16.5. The summed E-state index contributed by atoms with van der Waals surface area (Å²) < 4.78 is 5.07. The average Bonchev–Trinajstić information content (AvgIpc) is 2.24. The van der Waals surface area contributed by atoms with Crippen molar-refractivity contribution < 1.29 is 14.6 Å². The van der Waals surface area contributed by atoms with Crippen molar-refractivity contribution in [2.45, 2.75) is 40.0 Å². The van der Waals surface area contributed by atoms with Crippen LogP contribution < -0.4 is 0 Å². The first-order valence-corrected chi connectivity index (χ1v) is 6.30. The minimum absolute atomic E-state index is 0.0946. The topological polar surface area (TPSA) is 46.5 Å². The highest BCUT2D eigenvalue weighted by Crippen LogP contribution is 2.44. The van der Waals surface area contributed by atoms with Crippen LogP contribution in [0, 0.1) is 17.3 Å². The van der Waals surface area contributed by atoms with Gasteiger partial charge in [0.2, 0.25) is 0 Å². The minimum Gasteiger partial charge on any atom is -0.463 e. The zero-order valence-electron chi connectivity index (χ0n) is 11.2. The standard InChI is InChI=1S/C14H24O3/c1-10(2)11-5-6-14(3,4)9-12(11)13(16)17-8-7-15/h11-12,15H,1,5-9H2,2-4H3. The number of allylic oxidation sites excluding steroid dienone is 1. The second-order valence-corrected chi connectivity index (χ2v) is 5.86. The molecule has 2 unspecified atom stereocenters. The number of esters is 1. The Labute approximate surface area is 104 Å². The third kappa shape index (κ3) is 3.84. The largest absolute Gasteiger partial charge is 0.463 e. The molecule has 1 aliphatic carbocycles. The molecule has 0 aromatic rings. The number of carbonyl (C=O) groups excluding carboxylic acids is 1. The Balaban J connectivity index is 2.73. The normalized spacial score (nSPS) is 27.5. The van der Waals surface area contributed by atoms with E-state index in [1.165, 1.54) is 0 Å². The molecule has 0 bridgehead atoms. The summed E-state index contributed by atoms with van der Waals surface area (Å²) in [5.41, 5.74) is 1.25. The van der Waals surface area contributed by atoms with E-state index in [0.29, 0.717) is 0 Å². The van der Waals surface area contributed by atoms with Crippen LogP contribution in [0.3, 0.4) is 0 Å². The Morgan fingerprint density at radius 1 is 1.47 bits per heavy atom. The van der Waals surface area contributed by atoms with Crippen LogP contribution in [-0.4, -0.2) is 24.3 Å². The van der Waals surface area contributed by atoms with Gasteiger partial charge < -0.3 is 9.84 Å². The van der Waals surface area contributed by atoms with Gasteiger partial charge in [-0.25, -0.2) is 0 Å². The second-order valence-electron chi connectivity index (χ2n) is 5.86. The second kappa shape index (κ2) is 5.67. The van der Waals surface area contributed by atoms with Crippen molar-refractivity contribution in [2.24, 2.45) is 17.3 Å². The fourth-order valence-corrected chi connectivity index (χ4v) is 2.68. The summed E-state index contributed by atoms with van der Waals surface area (Å²) in [6, 6.07) is 0. The van der Waals surface area contributed by atoms with Gasteiger partial charge in [-0.05, 0) is 37.5 Å². The molecule has 1 N–H and O–H groups in total. The van der Waals surface area contributed by atoms with Gasteiger partial charge in [0.15, 0.2) is 0 Å². The number of carbonyl (C=O) groups is 1. The number of hydrogen-bond acceptors (Lipinski definition) is 3. The molecule has 3 nitrogen and oxygen atoms in total. The molecule has 1 fully saturated rings. The Kier molecular flexibility index (Phi) is 4.75. The summed E-state index contributed by atoms with van der Waals surface area (Å²) in [4.78, 5) is 12.0. The van der Waals surface area contributed by atoms with E-state index < -0.39 is 0 Å². The van der Waals surface area contributed by atoms with Crippen LogP contribution in [0.5, 0.6) is 0 Å². The van der Waals surface area contributed by atoms with Crippen LogP contribution in [-0.2, 0) is 9.53 Å². The van der Waals surface area contributed by atoms with Crippen LogP contribution in [0.4, 0.5) is 0 Å². The molecule has 2 atom stereocenters. The van der Waals surface area contributed by atoms with Gasteiger partial charge in [0.1, 0.15) is 6.61 Å². The predicted octanol–water partition coefficient (Wildman–Crippen LogP) is 2.54. The Hall–Kier alpha value is -0.830. The molecule has 0 aliphatic heterocycles. The van der Waals surface area contributed by atoms with Crippen LogP contribution >= 0.6 is 0 Å². The number of hydrogen-bond donors (Lipinski definition) is 1. The minimum atomic E-state index is -0.181. The molecular weight excluding hydrogens is 216 g/mol. The van der Waals surface area contributed by atoms with Crippen LogP contribution in [0.2, 0.25) is 0 Å². The van der Waals surface area contributed by atoms with Crippen molar-refractivity contribution in [3.8, 4) is 0 Å². The van der Waals surface area contributed by atoms with Gasteiger partial charge in [0.25, 0.3) is 0 Å². The fourth-order valence-electron chi connectivity index (χ4n) is 2.68. The van der Waals surface area contributed by atoms with Crippen molar-refractivity contribution in [1.29, 1.82) is 0 Å². The molecule has 0 aromatic heterocycles. The molecule has 0 radical (unpaired) electrons. The van der Waals surface area contributed by atoms with E-state index in [9.17, 15) is 4.79 Å². The summed E-state index contributed by atoms with van der Waals surface area (Å²) in [5, 5.41) is 8.70. The maximum Gasteiger partial charge on any atom is 0.309 e. The van der Waals surface area contributed by atoms with E-state index in [4.69, 9.17) is 9.84 Å². The molecule has 1 saturated carbocycles. The Morgan fingerprint density at radius 2 is 2.12 bits per heavy atom. The summed E-state index contributed by atoms with van der Waals surface area (Å²) in [5.74, 6) is -0.0446. The summed E-state index contributed by atoms with van der Waals surface area (Å²) in [6.07, 6.45) is 2.96. The molecule has 3 heteroatoms. The summed E-state index contributed by atoms with van der Waals surface area (Å²) >= 11 is 0. The van der Waals surface area contributed by atoms with Crippen LogP contribution in [0.15, 0.2) is 12.2 Å². The highest BCUT2D eigenvalue weighted by Gasteiger charge is 2.39. The van der Waals surface area contributed by atoms with Gasteiger partial charge in [-0.1, -0.05) is 26.0 Å². The van der Waals surface area contributed by atoms with Gasteiger partial charge in [0, 0.05) is 0 Å². The fraction of sp³-hybridized carbons (Fsp3) is 0.786. The lowest BCUT2D eigenvalue weighted by molar-refractivity contribution is -0.154. The molecule has 1 rings (SSSR count). The molecule has 0 heterocycles. The van der Waals surface area contributed by atoms with E-state index in [1.807, 2.05) is 6.92 Å². The zero-order chi connectivity index (χ0) is 13.1. The first-order valence-electron chi connectivity index (χ1n) is 6.30. The smallest absolute Gasteiger partial charge is 0.309 e. The van der Waals surface area contributed by atoms with Gasteiger partial charge >= 0.3 is 5.97 Å². The van der Waals surface area contributed by atoms with Gasteiger partial charge in [0.05, 0.1) is 12.5 Å². The molecule has 0 aromatic carbocycles. The quantitative estimate of drug-likeness (QED) is 0.607. The third-order valence-corrected chi connectivity index (χ3v) is 3.66. The number of aliphatic hydroxyl groups excluding tert-OH is 1. The van der Waals surface area contributed by atoms with Crippen LogP contribution in [0.25, 0.3) is 0 Å². The third-order valence-electron chi connectivity index (χ3n) is 3.66. The molecule has 0 saturated heterocycles. The highest BCUT2D eigenvalue weighted by molar-refractivity contribution is 5.73. The first-order chi connectivity index (χ1) is 7.87. The monoisotopic (exact) mass is 240 g/mol. The van der Waals surface area contributed by atoms with E-state index in [2.05, 4.69) is 20.4 Å². The lowest BCUT2D eigenvalue weighted by Crippen LogP contribution is -2.36. The van der Waals surface area contributed by atoms with E-state index >= 15 is 0 Å². The van der Waals surface area contributed by atoms with Gasteiger partial charge in [-0.3, -0.25) is 4.79 Å². The molecule has 17 heavy (non-hydrogen) atoms. The lowest BCUT2D eigenvalue weighted by Gasteiger charge is -2.39. The van der Waals surface area contributed by atoms with Crippen LogP contribution in [0.1, 0.15) is 40.0 Å². The maximum atomic E-state index is 12.0. The Bertz CT molecular complexity index is 294. The van der Waals surface area contributed by atoms with Gasteiger partial charge in [-0.2, -0.15) is 0 Å². The van der Waals surface area contributed by atoms with Crippen molar-refractivity contribution in [3.63, 3.8) is 0 Å². The predicted molar refractivity (Wildman–Crippen MR) is 67.5 cm³/mol. The molecule has 0 amide bonds. The first kappa shape index (κ1) is 14.2.